The summed E-state index contributed by atoms with van der Waals surface area (Å²) in [7, 11) is 6.18. The Hall–Kier alpha value is -2.78. The van der Waals surface area contributed by atoms with Gasteiger partial charge in [0.25, 0.3) is 0 Å². The molecule has 1 fully saturated rings. The summed E-state index contributed by atoms with van der Waals surface area (Å²) in [5.74, 6) is 2.28. The lowest BCUT2D eigenvalue weighted by atomic mass is 10.1. The summed E-state index contributed by atoms with van der Waals surface area (Å²) in [5.41, 5.74) is 3.03. The van der Waals surface area contributed by atoms with E-state index < -0.39 is 0 Å². The number of nitrogens with zero attached hydrogens (tertiary/aromatic N) is 6. The van der Waals surface area contributed by atoms with E-state index >= 15 is 0 Å². The highest BCUT2D eigenvalue weighted by molar-refractivity contribution is 7.98. The minimum Gasteiger partial charge on any atom is -0.492 e. The van der Waals surface area contributed by atoms with E-state index in [0.717, 1.165) is 61.8 Å². The maximum atomic E-state index is 9.94. The van der Waals surface area contributed by atoms with Crippen molar-refractivity contribution in [2.24, 2.45) is 0 Å². The first-order valence-corrected chi connectivity index (χ1v) is 12.7. The summed E-state index contributed by atoms with van der Waals surface area (Å²) in [4.78, 5) is 15.4. The quantitative estimate of drug-likeness (QED) is 0.390. The second-order valence-corrected chi connectivity index (χ2v) is 9.71. The summed E-state index contributed by atoms with van der Waals surface area (Å²) < 4.78 is 5.79. The average Bonchev–Trinajstić information content (AvgIpc) is 3.06. The van der Waals surface area contributed by atoms with E-state index in [1.807, 2.05) is 33.2 Å². The number of hydrogen-bond donors (Lipinski definition) is 0. The summed E-state index contributed by atoms with van der Waals surface area (Å²) in [5, 5.41) is 10.7. The topological polar surface area (TPSA) is 60.0 Å². The van der Waals surface area contributed by atoms with E-state index in [1.165, 1.54) is 0 Å². The van der Waals surface area contributed by atoms with Crippen LogP contribution in [0.2, 0.25) is 0 Å². The van der Waals surface area contributed by atoms with Gasteiger partial charge in [0, 0.05) is 31.9 Å². The van der Waals surface area contributed by atoms with Crippen molar-refractivity contribution in [1.29, 1.82) is 5.26 Å². The summed E-state index contributed by atoms with van der Waals surface area (Å²) in [6.07, 6.45) is 1.67. The third-order valence-corrected chi connectivity index (χ3v) is 6.97. The van der Waals surface area contributed by atoms with E-state index in [4.69, 9.17) is 16.3 Å². The molecule has 0 unspecified atom stereocenters. The van der Waals surface area contributed by atoms with Gasteiger partial charge in [-0.2, -0.15) is 5.26 Å². The monoisotopic (exact) mass is 478 g/mol. The van der Waals surface area contributed by atoms with E-state index in [0.29, 0.717) is 35.1 Å². The number of pyridine rings is 1. The highest BCUT2D eigenvalue weighted by atomic mass is 32.2. The number of benzene rings is 1. The molecule has 1 aromatic carbocycles. The number of nitriles is 1. The molecule has 7 nitrogen and oxygen atoms in total. The molecule has 180 valence electrons. The van der Waals surface area contributed by atoms with Crippen LogP contribution in [-0.2, 0) is 12.2 Å². The number of thioether (sulfide) groups is 1. The maximum absolute atomic E-state index is 9.94. The van der Waals surface area contributed by atoms with Crippen molar-refractivity contribution >= 4 is 23.3 Å². The molecule has 8 heteroatoms. The lowest BCUT2D eigenvalue weighted by molar-refractivity contribution is 0.261. The van der Waals surface area contributed by atoms with Gasteiger partial charge in [-0.15, -0.1) is 11.8 Å². The van der Waals surface area contributed by atoms with Crippen molar-refractivity contribution < 1.29 is 4.74 Å². The molecule has 0 amide bonds. The molecule has 0 saturated carbocycles. The van der Waals surface area contributed by atoms with Crippen molar-refractivity contribution in [2.75, 3.05) is 65.4 Å². The van der Waals surface area contributed by atoms with Crippen molar-refractivity contribution in [3.63, 3.8) is 0 Å². The fourth-order valence-electron chi connectivity index (χ4n) is 3.93. The molecule has 0 spiro atoms. The molecule has 1 aliphatic heterocycles. The van der Waals surface area contributed by atoms with Crippen LogP contribution in [0.3, 0.4) is 0 Å². The maximum Gasteiger partial charge on any atom is 0.232 e. The smallest absolute Gasteiger partial charge is 0.232 e. The van der Waals surface area contributed by atoms with E-state index in [2.05, 4.69) is 44.8 Å². The van der Waals surface area contributed by atoms with Gasteiger partial charge in [0.05, 0.1) is 12.1 Å². The van der Waals surface area contributed by atoms with Gasteiger partial charge in [-0.3, -0.25) is 0 Å². The van der Waals surface area contributed by atoms with Crippen LogP contribution in [0.25, 0.3) is 4.85 Å². The number of hydrogen-bond acceptors (Lipinski definition) is 7. The first-order chi connectivity index (χ1) is 16.5. The average molecular weight is 479 g/mol. The molecule has 1 saturated heterocycles. The SMILES string of the molecule is [C-]#[N+]c1c(N2CCCN(C)CC2)nc(SCc2ccc(OCCN(C)C)cc2)c(C#N)c1CC. The molecule has 0 atom stereocenters. The molecule has 3 rings (SSSR count). The van der Waals surface area contributed by atoms with E-state index in [9.17, 15) is 5.26 Å². The highest BCUT2D eigenvalue weighted by Crippen LogP contribution is 2.39. The molecule has 34 heavy (non-hydrogen) atoms. The summed E-state index contributed by atoms with van der Waals surface area (Å²) in [6.45, 7) is 15.0. The second kappa shape index (κ2) is 12.6. The van der Waals surface area contributed by atoms with Gasteiger partial charge < -0.3 is 19.4 Å². The minimum atomic E-state index is 0.534. The number of anilines is 1. The summed E-state index contributed by atoms with van der Waals surface area (Å²) in [6, 6.07) is 10.4. The molecule has 0 bridgehead atoms. The van der Waals surface area contributed by atoms with Crippen molar-refractivity contribution in [2.45, 2.75) is 30.5 Å². The highest BCUT2D eigenvalue weighted by Gasteiger charge is 2.24. The number of likely N-dealkylation sites (N-methyl/N-ethyl adjacent to an activating group) is 2. The minimum absolute atomic E-state index is 0.534. The fraction of sp³-hybridized carbons (Fsp3) is 0.500. The molecular weight excluding hydrogens is 444 g/mol. The van der Waals surface area contributed by atoms with Crippen LogP contribution in [0, 0.1) is 17.9 Å². The Bertz CT molecular complexity index is 1040. The van der Waals surface area contributed by atoms with E-state index in [-0.39, 0.29) is 0 Å². The van der Waals surface area contributed by atoms with Gasteiger partial charge in [0.2, 0.25) is 5.69 Å². The third kappa shape index (κ3) is 6.64. The molecule has 1 aliphatic rings. The Labute approximate surface area is 208 Å². The zero-order chi connectivity index (χ0) is 24.5. The Morgan fingerprint density at radius 2 is 1.97 bits per heavy atom. The van der Waals surface area contributed by atoms with Crippen LogP contribution in [0.1, 0.15) is 30.0 Å². The largest absolute Gasteiger partial charge is 0.492 e. The zero-order valence-corrected chi connectivity index (χ0v) is 21.5. The predicted octanol–water partition coefficient (Wildman–Crippen LogP) is 4.44. The number of aromatic nitrogens is 1. The Balaban J connectivity index is 1.82. The molecular formula is C26H34N6OS. The van der Waals surface area contributed by atoms with Crippen LogP contribution < -0.4 is 9.64 Å². The molecule has 2 heterocycles. The normalized spacial score (nSPS) is 14.5. The van der Waals surface area contributed by atoms with Crippen LogP contribution in [0.15, 0.2) is 29.3 Å². The lowest BCUT2D eigenvalue weighted by Crippen LogP contribution is -2.29. The lowest BCUT2D eigenvalue weighted by Gasteiger charge is -2.25. The van der Waals surface area contributed by atoms with Gasteiger partial charge in [0.1, 0.15) is 29.3 Å². The van der Waals surface area contributed by atoms with Gasteiger partial charge >= 0.3 is 0 Å². The Kier molecular flexibility index (Phi) is 9.59. The molecule has 0 N–H and O–H groups in total. The van der Waals surface area contributed by atoms with Crippen molar-refractivity contribution in [1.82, 2.24) is 14.8 Å². The molecule has 0 aliphatic carbocycles. The number of rotatable bonds is 9. The zero-order valence-electron chi connectivity index (χ0n) is 20.7. The first-order valence-electron chi connectivity index (χ1n) is 11.7. The first kappa shape index (κ1) is 25.8. The number of ether oxygens (including phenoxy) is 1. The van der Waals surface area contributed by atoms with Gasteiger partial charge in [0.15, 0.2) is 0 Å². The Morgan fingerprint density at radius 3 is 2.62 bits per heavy atom. The van der Waals surface area contributed by atoms with Crippen molar-refractivity contribution in [3.05, 3.63) is 52.4 Å². The molecule has 0 radical (unpaired) electrons. The van der Waals surface area contributed by atoms with Crippen LogP contribution in [-0.4, -0.2) is 75.3 Å². The standard InChI is InChI=1S/C26H34N6OS/c1-6-22-23(18-27)26(29-25(24(22)28-2)32-13-7-12-31(5)14-15-32)34-19-20-8-10-21(11-9-20)33-17-16-30(3)4/h8-11H,6-7,12-17,19H2,1,3-5H3. The van der Waals surface area contributed by atoms with Gasteiger partial charge in [-0.1, -0.05) is 19.1 Å². The predicted molar refractivity (Wildman–Crippen MR) is 139 cm³/mol. The summed E-state index contributed by atoms with van der Waals surface area (Å²) >= 11 is 1.56. The van der Waals surface area contributed by atoms with Gasteiger partial charge in [-0.05, 0) is 63.8 Å². The van der Waals surface area contributed by atoms with Crippen LogP contribution in [0.4, 0.5) is 11.5 Å². The van der Waals surface area contributed by atoms with Crippen LogP contribution >= 0.6 is 11.8 Å². The van der Waals surface area contributed by atoms with Gasteiger partial charge in [-0.25, -0.2) is 9.83 Å². The fourth-order valence-corrected chi connectivity index (χ4v) is 4.89. The molecule has 2 aromatic rings. The van der Waals surface area contributed by atoms with Crippen molar-refractivity contribution in [3.8, 4) is 11.8 Å². The second-order valence-electron chi connectivity index (χ2n) is 8.75. The third-order valence-electron chi connectivity index (χ3n) is 5.92. The Morgan fingerprint density at radius 1 is 1.21 bits per heavy atom. The molecule has 1 aromatic heterocycles. The van der Waals surface area contributed by atoms with Crippen LogP contribution in [0.5, 0.6) is 5.75 Å². The van der Waals surface area contributed by atoms with E-state index in [1.54, 1.807) is 11.8 Å².